The largest absolute Gasteiger partial charge is 0.481 e. The Morgan fingerprint density at radius 3 is 2.53 bits per heavy atom. The molecule has 4 atom stereocenters. The molecule has 4 unspecified atom stereocenters. The van der Waals surface area contributed by atoms with Gasteiger partial charge in [-0.1, -0.05) is 30.7 Å². The molecule has 0 saturated heterocycles. The molecule has 1 heterocycles. The molecule has 10 nitrogen and oxygen atoms in total. The summed E-state index contributed by atoms with van der Waals surface area (Å²) in [6.07, 6.45) is 12.9. The van der Waals surface area contributed by atoms with Gasteiger partial charge in [0.25, 0.3) is 0 Å². The van der Waals surface area contributed by atoms with E-state index in [0.29, 0.717) is 19.3 Å². The number of hydrogen-bond acceptors (Lipinski definition) is 8. The van der Waals surface area contributed by atoms with Crippen LogP contribution in [0.4, 0.5) is 0 Å². The molecule has 0 aromatic carbocycles. The van der Waals surface area contributed by atoms with Crippen LogP contribution in [0, 0.1) is 11.8 Å². The monoisotopic (exact) mass is 428 g/mol. The van der Waals surface area contributed by atoms with Gasteiger partial charge in [0.2, 0.25) is 0 Å². The van der Waals surface area contributed by atoms with Crippen molar-refractivity contribution in [3.63, 3.8) is 0 Å². The molecule has 0 aromatic heterocycles. The number of hydrogen-bond donors (Lipinski definition) is 2. The van der Waals surface area contributed by atoms with Crippen LogP contribution in [-0.2, 0) is 39.2 Å². The van der Waals surface area contributed by atoms with Gasteiger partial charge in [0.05, 0.1) is 5.92 Å². The van der Waals surface area contributed by atoms with Gasteiger partial charge in [0.15, 0.2) is 11.7 Å². The lowest BCUT2D eigenvalue weighted by atomic mass is 9.65. The molecule has 1 fully saturated rings. The van der Waals surface area contributed by atoms with Gasteiger partial charge in [-0.25, -0.2) is 4.79 Å². The Morgan fingerprint density at radius 2 is 1.80 bits per heavy atom. The van der Waals surface area contributed by atoms with Gasteiger partial charge in [-0.2, -0.15) is 4.89 Å². The Balaban J connectivity index is 2.29. The zero-order valence-corrected chi connectivity index (χ0v) is 16.8. The highest BCUT2D eigenvalue weighted by Gasteiger charge is 2.59. The third-order valence-electron chi connectivity index (χ3n) is 5.39. The Labute approximate surface area is 174 Å². The van der Waals surface area contributed by atoms with Gasteiger partial charge in [-0.15, -0.1) is 0 Å². The van der Waals surface area contributed by atoms with Crippen molar-refractivity contribution in [1.82, 2.24) is 0 Å². The van der Waals surface area contributed by atoms with E-state index in [4.69, 9.17) is 9.62 Å². The van der Waals surface area contributed by atoms with E-state index in [2.05, 4.69) is 20.0 Å². The third kappa shape index (κ3) is 6.38. The average molecular weight is 428 g/mol. The summed E-state index contributed by atoms with van der Waals surface area (Å²) in [5.41, 5.74) is -1.82. The van der Waals surface area contributed by atoms with Gasteiger partial charge in [0.1, 0.15) is 6.26 Å². The van der Waals surface area contributed by atoms with Gasteiger partial charge in [0, 0.05) is 17.2 Å². The van der Waals surface area contributed by atoms with Crippen molar-refractivity contribution in [2.24, 2.45) is 11.8 Å². The summed E-state index contributed by atoms with van der Waals surface area (Å²) >= 11 is 0. The average Bonchev–Trinajstić information content (AvgIpc) is 2.70. The molecular weight excluding hydrogens is 400 g/mol. The Morgan fingerprint density at radius 1 is 1.03 bits per heavy atom. The summed E-state index contributed by atoms with van der Waals surface area (Å²) in [7, 11) is 1.18. The van der Waals surface area contributed by atoms with Crippen molar-refractivity contribution in [3.05, 3.63) is 36.6 Å². The first-order valence-corrected chi connectivity index (χ1v) is 9.84. The van der Waals surface area contributed by atoms with Crippen LogP contribution in [0.15, 0.2) is 36.6 Å². The number of carboxylic acid groups (broad SMARTS) is 2. The zero-order chi connectivity index (χ0) is 21.8. The molecule has 2 bridgehead atoms. The van der Waals surface area contributed by atoms with E-state index >= 15 is 0 Å². The van der Waals surface area contributed by atoms with E-state index in [0.717, 1.165) is 19.3 Å². The summed E-state index contributed by atoms with van der Waals surface area (Å²) in [6, 6.07) is 0. The normalized spacial score (nSPS) is 33.1. The van der Waals surface area contributed by atoms with Crippen molar-refractivity contribution in [3.8, 4) is 0 Å². The van der Waals surface area contributed by atoms with Crippen LogP contribution in [0.3, 0.4) is 0 Å². The molecule has 0 amide bonds. The maximum absolute atomic E-state index is 12.2. The Kier molecular flexibility index (Phi) is 9.98. The number of carboxylic acids is 2. The second kappa shape index (κ2) is 12.5. The molecule has 10 heteroatoms. The number of rotatable bonds is 4. The van der Waals surface area contributed by atoms with Crippen LogP contribution in [0.5, 0.6) is 0 Å². The maximum atomic E-state index is 12.2. The number of allylic oxidation sites excluding steroid dienone is 5. The van der Waals surface area contributed by atoms with Crippen molar-refractivity contribution in [2.45, 2.75) is 56.7 Å². The Hall–Kier alpha value is -2.24. The van der Waals surface area contributed by atoms with Crippen LogP contribution in [0.25, 0.3) is 0 Å². The van der Waals surface area contributed by atoms with Crippen LogP contribution in [-0.4, -0.2) is 41.0 Å². The highest BCUT2D eigenvalue weighted by Crippen LogP contribution is 2.46. The van der Waals surface area contributed by atoms with E-state index < -0.39 is 29.6 Å². The second-order valence-corrected chi connectivity index (χ2v) is 7.19. The molecule has 168 valence electrons. The first-order chi connectivity index (χ1) is 14.5. The number of ether oxygens (including phenoxy) is 1. The summed E-state index contributed by atoms with van der Waals surface area (Å²) in [5.74, 6) is -4.06. The summed E-state index contributed by atoms with van der Waals surface area (Å²) < 4.78 is 5.12. The fraction of sp³-hybridized carbons (Fsp3) is 0.600. The van der Waals surface area contributed by atoms with E-state index in [9.17, 15) is 19.8 Å². The van der Waals surface area contributed by atoms with Gasteiger partial charge < -0.3 is 19.8 Å². The van der Waals surface area contributed by atoms with E-state index in [-0.39, 0.29) is 12.3 Å². The first-order valence-electron chi connectivity index (χ1n) is 9.84. The van der Waals surface area contributed by atoms with E-state index in [1.807, 2.05) is 18.2 Å². The number of fused-ring (bicyclic) bond motifs is 2. The molecule has 2 rings (SSSR count). The molecule has 1 saturated carbocycles. The zero-order valence-electron chi connectivity index (χ0n) is 16.8. The van der Waals surface area contributed by atoms with Crippen LogP contribution >= 0.6 is 0 Å². The smallest absolute Gasteiger partial charge is 0.336 e. The predicted octanol–water partition coefficient (Wildman–Crippen LogP) is 3.27. The van der Waals surface area contributed by atoms with Crippen molar-refractivity contribution in [1.29, 1.82) is 0 Å². The fourth-order valence-electron chi connectivity index (χ4n) is 4.20. The summed E-state index contributed by atoms with van der Waals surface area (Å²) in [4.78, 5) is 33.9. The fourth-order valence-corrected chi connectivity index (χ4v) is 4.20. The molecule has 1 aliphatic heterocycles. The van der Waals surface area contributed by atoms with E-state index in [1.165, 1.54) is 19.4 Å². The van der Waals surface area contributed by atoms with Crippen molar-refractivity contribution in [2.75, 3.05) is 7.11 Å². The lowest BCUT2D eigenvalue weighted by Gasteiger charge is -2.45. The first kappa shape index (κ1) is 24.0. The number of methoxy groups -OCH3 is 1. The number of carbonyl (C=O) groups is 2. The van der Waals surface area contributed by atoms with Crippen LogP contribution < -0.4 is 0 Å². The van der Waals surface area contributed by atoms with Crippen molar-refractivity contribution >= 4 is 11.9 Å². The molecule has 0 radical (unpaired) electrons. The molecule has 1 aliphatic carbocycles. The SMILES string of the molecule is COC(C(=O)O)C12CCCC(CCCC/C=C/C=C/C=C\OOOOO1)C2C(=O)O. The van der Waals surface area contributed by atoms with Gasteiger partial charge >= 0.3 is 11.9 Å². The summed E-state index contributed by atoms with van der Waals surface area (Å²) in [5, 5.41) is 32.8. The lowest BCUT2D eigenvalue weighted by Crippen LogP contribution is -2.61. The summed E-state index contributed by atoms with van der Waals surface area (Å²) in [6.45, 7) is 0. The van der Waals surface area contributed by atoms with Gasteiger partial charge in [-0.3, -0.25) is 4.79 Å². The standard InChI is InChI=1S/C20H28O10/c1-25-17(19(23)24)20-13-10-12-15(16(20)18(21)22)11-8-6-4-2-3-5-7-9-14-26-28-30-29-27-20/h2-3,5,7,9,14-17H,4,6,8,10-13H2,1H3,(H,21,22)(H,23,24)/b3-2+,7-5+,14-9-. The number of aliphatic carboxylic acids is 2. The molecule has 2 aliphatic rings. The predicted molar refractivity (Wildman–Crippen MR) is 101 cm³/mol. The Bertz CT molecular complexity index is 643. The third-order valence-corrected chi connectivity index (χ3v) is 5.39. The minimum absolute atomic E-state index is 0.0862. The van der Waals surface area contributed by atoms with Crippen molar-refractivity contribution < 1.29 is 49.4 Å². The highest BCUT2D eigenvalue weighted by atomic mass is 17.8. The molecule has 30 heavy (non-hydrogen) atoms. The minimum atomic E-state index is -1.82. The molecule has 0 spiro atoms. The molecule has 2 N–H and O–H groups in total. The highest BCUT2D eigenvalue weighted by molar-refractivity contribution is 5.78. The van der Waals surface area contributed by atoms with E-state index in [1.54, 1.807) is 6.08 Å². The lowest BCUT2D eigenvalue weighted by molar-refractivity contribution is -0.714. The molecule has 0 aromatic rings. The topological polar surface area (TPSA) is 130 Å². The van der Waals surface area contributed by atoms with Gasteiger partial charge in [-0.05, 0) is 55.6 Å². The minimum Gasteiger partial charge on any atom is -0.481 e. The molecular formula is C20H28O10. The maximum Gasteiger partial charge on any atom is 0.336 e. The van der Waals surface area contributed by atoms with Crippen LogP contribution in [0.2, 0.25) is 0 Å². The van der Waals surface area contributed by atoms with Crippen LogP contribution in [0.1, 0.15) is 44.9 Å². The quantitative estimate of drug-likeness (QED) is 0.643. The second-order valence-electron chi connectivity index (χ2n) is 7.19.